The fourth-order valence-corrected chi connectivity index (χ4v) is 1.08. The van der Waals surface area contributed by atoms with E-state index >= 15 is 0 Å². The maximum absolute atomic E-state index is 11.3. The van der Waals surface area contributed by atoms with Gasteiger partial charge in [-0.15, -0.1) is 5.10 Å². The monoisotopic (exact) mass is 226 g/mol. The topological polar surface area (TPSA) is 97.1 Å². The van der Waals surface area contributed by atoms with Gasteiger partial charge in [0.2, 0.25) is 5.91 Å². The minimum absolute atomic E-state index is 0.00993. The van der Waals surface area contributed by atoms with E-state index in [4.69, 9.17) is 5.11 Å². The Morgan fingerprint density at radius 3 is 2.88 bits per heavy atom. The number of carbonyl (C=O) groups is 2. The van der Waals surface area contributed by atoms with Crippen LogP contribution in [0.3, 0.4) is 0 Å². The number of rotatable bonds is 6. The number of carbonyl (C=O) groups excluding carboxylic acids is 1. The Kier molecular flexibility index (Phi) is 4.43. The maximum Gasteiger partial charge on any atom is 0.358 e. The SMILES string of the molecule is CCCCNC(=O)Cn1cc(C(=O)O)nn1. The van der Waals surface area contributed by atoms with Crippen LogP contribution in [0.25, 0.3) is 0 Å². The molecule has 0 radical (unpaired) electrons. The van der Waals surface area contributed by atoms with E-state index in [1.807, 2.05) is 6.92 Å². The molecule has 2 N–H and O–H groups in total. The molecule has 0 saturated heterocycles. The van der Waals surface area contributed by atoms with E-state index in [1.54, 1.807) is 0 Å². The van der Waals surface area contributed by atoms with Crippen LogP contribution in [-0.2, 0) is 11.3 Å². The van der Waals surface area contributed by atoms with Crippen molar-refractivity contribution in [1.82, 2.24) is 20.3 Å². The van der Waals surface area contributed by atoms with E-state index in [0.29, 0.717) is 6.54 Å². The van der Waals surface area contributed by atoms with Crippen molar-refractivity contribution in [1.29, 1.82) is 0 Å². The van der Waals surface area contributed by atoms with Gasteiger partial charge in [-0.2, -0.15) is 0 Å². The molecule has 0 unspecified atom stereocenters. The fraction of sp³-hybridized carbons (Fsp3) is 0.556. The van der Waals surface area contributed by atoms with Crippen LogP contribution in [-0.4, -0.2) is 38.5 Å². The lowest BCUT2D eigenvalue weighted by Crippen LogP contribution is -2.28. The number of nitrogens with one attached hydrogen (secondary N) is 1. The molecule has 7 nitrogen and oxygen atoms in total. The molecule has 1 aromatic heterocycles. The summed E-state index contributed by atoms with van der Waals surface area (Å²) >= 11 is 0. The molecule has 0 spiro atoms. The average Bonchev–Trinajstić information content (AvgIpc) is 2.66. The highest BCUT2D eigenvalue weighted by atomic mass is 16.4. The first-order valence-electron chi connectivity index (χ1n) is 5.03. The second-order valence-electron chi connectivity index (χ2n) is 3.31. The highest BCUT2D eigenvalue weighted by Crippen LogP contribution is 1.92. The van der Waals surface area contributed by atoms with Crippen molar-refractivity contribution in [3.05, 3.63) is 11.9 Å². The van der Waals surface area contributed by atoms with Gasteiger partial charge in [-0.25, -0.2) is 9.48 Å². The Morgan fingerprint density at radius 2 is 2.31 bits per heavy atom. The summed E-state index contributed by atoms with van der Waals surface area (Å²) in [6.45, 7) is 2.64. The largest absolute Gasteiger partial charge is 0.476 e. The van der Waals surface area contributed by atoms with E-state index in [9.17, 15) is 9.59 Å². The molecule has 0 aliphatic rings. The molecule has 16 heavy (non-hydrogen) atoms. The second kappa shape index (κ2) is 5.84. The quantitative estimate of drug-likeness (QED) is 0.660. The number of unbranched alkanes of at least 4 members (excludes halogenated alkanes) is 1. The number of carboxylic acid groups (broad SMARTS) is 1. The van der Waals surface area contributed by atoms with Crippen LogP contribution >= 0.6 is 0 Å². The molecule has 0 atom stereocenters. The molecule has 0 aliphatic heterocycles. The third-order valence-corrected chi connectivity index (χ3v) is 1.92. The third kappa shape index (κ3) is 3.68. The van der Waals surface area contributed by atoms with Crippen molar-refractivity contribution in [2.24, 2.45) is 0 Å². The number of aromatic carboxylic acids is 1. The summed E-state index contributed by atoms with van der Waals surface area (Å²) in [6, 6.07) is 0. The number of hydrogen-bond donors (Lipinski definition) is 2. The molecule has 88 valence electrons. The van der Waals surface area contributed by atoms with E-state index in [2.05, 4.69) is 15.6 Å². The van der Waals surface area contributed by atoms with Crippen LogP contribution in [0.1, 0.15) is 30.3 Å². The zero-order chi connectivity index (χ0) is 12.0. The van der Waals surface area contributed by atoms with Gasteiger partial charge in [-0.05, 0) is 6.42 Å². The zero-order valence-electron chi connectivity index (χ0n) is 9.01. The number of aromatic nitrogens is 3. The standard InChI is InChI=1S/C9H14N4O3/c1-2-3-4-10-8(14)6-13-5-7(9(15)16)11-12-13/h5H,2-4,6H2,1H3,(H,10,14)(H,15,16). The Morgan fingerprint density at radius 1 is 1.56 bits per heavy atom. The van der Waals surface area contributed by atoms with Gasteiger partial charge in [0.1, 0.15) is 6.54 Å². The molecule has 1 heterocycles. The Hall–Kier alpha value is -1.92. The first-order chi connectivity index (χ1) is 7.63. The van der Waals surface area contributed by atoms with Crippen LogP contribution in [0.5, 0.6) is 0 Å². The Balaban J connectivity index is 2.40. The molecule has 1 aromatic rings. The van der Waals surface area contributed by atoms with E-state index in [-0.39, 0.29) is 18.1 Å². The van der Waals surface area contributed by atoms with Gasteiger partial charge >= 0.3 is 5.97 Å². The maximum atomic E-state index is 11.3. The smallest absolute Gasteiger partial charge is 0.358 e. The lowest BCUT2D eigenvalue weighted by Gasteiger charge is -2.02. The molecule has 0 bridgehead atoms. The molecule has 1 rings (SSSR count). The molecule has 0 saturated carbocycles. The Bertz CT molecular complexity index is 375. The minimum Gasteiger partial charge on any atom is -0.476 e. The van der Waals surface area contributed by atoms with Crippen LogP contribution < -0.4 is 5.32 Å². The summed E-state index contributed by atoms with van der Waals surface area (Å²) in [7, 11) is 0. The van der Waals surface area contributed by atoms with Gasteiger partial charge in [0.05, 0.1) is 6.20 Å². The number of amides is 1. The van der Waals surface area contributed by atoms with Crippen LogP contribution in [0.4, 0.5) is 0 Å². The summed E-state index contributed by atoms with van der Waals surface area (Å²) in [6.07, 6.45) is 3.15. The van der Waals surface area contributed by atoms with Gasteiger partial charge in [0.15, 0.2) is 5.69 Å². The predicted octanol–water partition coefficient (Wildman–Crippen LogP) is -0.107. The molecule has 0 fully saturated rings. The third-order valence-electron chi connectivity index (χ3n) is 1.92. The van der Waals surface area contributed by atoms with Crippen LogP contribution in [0.2, 0.25) is 0 Å². The second-order valence-corrected chi connectivity index (χ2v) is 3.31. The zero-order valence-corrected chi connectivity index (χ0v) is 9.01. The van der Waals surface area contributed by atoms with Crippen LogP contribution in [0.15, 0.2) is 6.20 Å². The lowest BCUT2D eigenvalue weighted by molar-refractivity contribution is -0.121. The number of carboxylic acids is 1. The first kappa shape index (κ1) is 12.2. The molecule has 0 aliphatic carbocycles. The van der Waals surface area contributed by atoms with Crippen molar-refractivity contribution in [3.8, 4) is 0 Å². The van der Waals surface area contributed by atoms with Crippen molar-refractivity contribution in [2.45, 2.75) is 26.3 Å². The number of nitrogens with zero attached hydrogens (tertiary/aromatic N) is 3. The van der Waals surface area contributed by atoms with E-state index in [1.165, 1.54) is 10.9 Å². The summed E-state index contributed by atoms with van der Waals surface area (Å²) in [5.41, 5.74) is -0.165. The predicted molar refractivity (Wildman–Crippen MR) is 54.9 cm³/mol. The molecular weight excluding hydrogens is 212 g/mol. The lowest BCUT2D eigenvalue weighted by atomic mass is 10.3. The molecule has 1 amide bonds. The summed E-state index contributed by atoms with van der Waals surface area (Å²) < 4.78 is 1.20. The van der Waals surface area contributed by atoms with Gasteiger partial charge in [0, 0.05) is 6.54 Å². The average molecular weight is 226 g/mol. The molecular formula is C9H14N4O3. The highest BCUT2D eigenvalue weighted by molar-refractivity contribution is 5.84. The molecule has 0 aromatic carbocycles. The summed E-state index contributed by atoms with van der Waals surface area (Å²) in [4.78, 5) is 21.8. The van der Waals surface area contributed by atoms with Crippen molar-refractivity contribution in [2.75, 3.05) is 6.54 Å². The van der Waals surface area contributed by atoms with Crippen molar-refractivity contribution < 1.29 is 14.7 Å². The van der Waals surface area contributed by atoms with E-state index < -0.39 is 5.97 Å². The highest BCUT2D eigenvalue weighted by Gasteiger charge is 2.09. The fourth-order valence-electron chi connectivity index (χ4n) is 1.08. The minimum atomic E-state index is -1.15. The van der Waals surface area contributed by atoms with E-state index in [0.717, 1.165) is 12.8 Å². The first-order valence-corrected chi connectivity index (χ1v) is 5.03. The van der Waals surface area contributed by atoms with Gasteiger partial charge < -0.3 is 10.4 Å². The van der Waals surface area contributed by atoms with Gasteiger partial charge in [0.25, 0.3) is 0 Å². The Labute approximate surface area is 92.4 Å². The van der Waals surface area contributed by atoms with Crippen molar-refractivity contribution >= 4 is 11.9 Å². The molecule has 7 heteroatoms. The van der Waals surface area contributed by atoms with Gasteiger partial charge in [-0.1, -0.05) is 18.6 Å². The normalized spacial score (nSPS) is 10.1. The van der Waals surface area contributed by atoms with Gasteiger partial charge in [-0.3, -0.25) is 4.79 Å². The summed E-state index contributed by atoms with van der Waals surface area (Å²) in [5.74, 6) is -1.35. The number of hydrogen-bond acceptors (Lipinski definition) is 4. The summed E-state index contributed by atoms with van der Waals surface area (Å²) in [5, 5.41) is 18.2. The van der Waals surface area contributed by atoms with Crippen molar-refractivity contribution in [3.63, 3.8) is 0 Å². The van der Waals surface area contributed by atoms with Crippen LogP contribution in [0, 0.1) is 0 Å².